The Hall–Kier alpha value is -3.52. The van der Waals surface area contributed by atoms with E-state index in [9.17, 15) is 9.59 Å². The maximum Gasteiger partial charge on any atom is 0.408 e. The molecule has 1 aliphatic heterocycles. The molecule has 2 aromatic rings. The van der Waals surface area contributed by atoms with Gasteiger partial charge in [0, 0.05) is 19.7 Å². The minimum atomic E-state index is -0.767. The van der Waals surface area contributed by atoms with E-state index in [4.69, 9.17) is 18.9 Å². The number of methoxy groups -OCH3 is 1. The fraction of sp³-hybridized carbons (Fsp3) is 0.407. The highest BCUT2D eigenvalue weighted by Gasteiger charge is 2.27. The van der Waals surface area contributed by atoms with Crippen molar-refractivity contribution in [2.75, 3.05) is 26.9 Å². The lowest BCUT2D eigenvalue weighted by Gasteiger charge is -2.28. The molecule has 2 amide bonds. The maximum atomic E-state index is 13.3. The Balaban J connectivity index is 1.65. The standard InChI is InChI=1S/C27H34N2O6/c1-4-14-34-24-13-12-22(16-25(24)32-3)17-29(18-23-11-8-15-33-23)26(30)20(2)28-27(31)35-19-21-9-6-5-7-10-21/h4-7,9-10,12-13,16,20,23H,1,8,11,14-15,17-19H2,2-3H3,(H,28,31)/t20-,23?/m0/s1. The summed E-state index contributed by atoms with van der Waals surface area (Å²) in [5, 5.41) is 2.65. The Morgan fingerprint density at radius 2 is 2.00 bits per heavy atom. The second kappa shape index (κ2) is 13.4. The van der Waals surface area contributed by atoms with Gasteiger partial charge in [-0.05, 0) is 43.0 Å². The van der Waals surface area contributed by atoms with E-state index < -0.39 is 12.1 Å². The predicted molar refractivity (Wildman–Crippen MR) is 132 cm³/mol. The fourth-order valence-electron chi connectivity index (χ4n) is 3.84. The summed E-state index contributed by atoms with van der Waals surface area (Å²) in [6, 6.07) is 14.2. The Morgan fingerprint density at radius 1 is 1.20 bits per heavy atom. The fourth-order valence-corrected chi connectivity index (χ4v) is 3.84. The molecule has 2 atom stereocenters. The number of hydrogen-bond acceptors (Lipinski definition) is 6. The summed E-state index contributed by atoms with van der Waals surface area (Å²) in [6.45, 7) is 7.27. The van der Waals surface area contributed by atoms with Crippen molar-refractivity contribution in [2.24, 2.45) is 0 Å². The van der Waals surface area contributed by atoms with Crippen molar-refractivity contribution in [3.05, 3.63) is 72.3 Å². The summed E-state index contributed by atoms with van der Waals surface area (Å²) >= 11 is 0. The van der Waals surface area contributed by atoms with Crippen LogP contribution in [0.25, 0.3) is 0 Å². The van der Waals surface area contributed by atoms with Crippen LogP contribution in [0.5, 0.6) is 11.5 Å². The number of benzene rings is 2. The molecule has 0 aliphatic carbocycles. The third kappa shape index (κ3) is 8.03. The molecule has 8 nitrogen and oxygen atoms in total. The molecule has 0 saturated carbocycles. The largest absolute Gasteiger partial charge is 0.493 e. The summed E-state index contributed by atoms with van der Waals surface area (Å²) < 4.78 is 22.1. The van der Waals surface area contributed by atoms with Crippen molar-refractivity contribution in [2.45, 2.75) is 45.1 Å². The van der Waals surface area contributed by atoms with Crippen molar-refractivity contribution in [1.82, 2.24) is 10.2 Å². The number of carbonyl (C=O) groups excluding carboxylic acids is 2. The zero-order valence-electron chi connectivity index (χ0n) is 20.4. The molecule has 1 fully saturated rings. The first-order valence-electron chi connectivity index (χ1n) is 11.8. The predicted octanol–water partition coefficient (Wildman–Crippen LogP) is 4.08. The number of amides is 2. The van der Waals surface area contributed by atoms with Crippen molar-refractivity contribution >= 4 is 12.0 Å². The molecule has 1 unspecified atom stereocenters. The lowest BCUT2D eigenvalue weighted by molar-refractivity contribution is -0.135. The molecule has 0 aromatic heterocycles. The van der Waals surface area contributed by atoms with Crippen LogP contribution in [0.3, 0.4) is 0 Å². The van der Waals surface area contributed by atoms with E-state index in [-0.39, 0.29) is 18.6 Å². The van der Waals surface area contributed by atoms with Gasteiger partial charge in [0.2, 0.25) is 5.91 Å². The molecule has 0 radical (unpaired) electrons. The van der Waals surface area contributed by atoms with E-state index >= 15 is 0 Å². The Labute approximate surface area is 206 Å². The average molecular weight is 483 g/mol. The maximum absolute atomic E-state index is 13.3. The molecule has 3 rings (SSSR count). The zero-order valence-corrected chi connectivity index (χ0v) is 20.4. The van der Waals surface area contributed by atoms with Gasteiger partial charge in [0.05, 0.1) is 13.2 Å². The van der Waals surface area contributed by atoms with Crippen LogP contribution in [0.1, 0.15) is 30.9 Å². The number of nitrogens with one attached hydrogen (secondary N) is 1. The Bertz CT molecular complexity index is 975. The molecule has 35 heavy (non-hydrogen) atoms. The van der Waals surface area contributed by atoms with Crippen molar-refractivity contribution in [1.29, 1.82) is 0 Å². The molecule has 1 N–H and O–H groups in total. The lowest BCUT2D eigenvalue weighted by atomic mass is 10.1. The first kappa shape index (κ1) is 26.1. The third-order valence-electron chi connectivity index (χ3n) is 5.64. The Morgan fingerprint density at radius 3 is 2.69 bits per heavy atom. The number of ether oxygens (including phenoxy) is 4. The zero-order chi connectivity index (χ0) is 25.0. The SMILES string of the molecule is C=CCOc1ccc(CN(CC2CCCO2)C(=O)[C@H](C)NC(=O)OCc2ccccc2)cc1OC. The lowest BCUT2D eigenvalue weighted by Crippen LogP contribution is -2.48. The second-order valence-corrected chi connectivity index (χ2v) is 8.37. The molecule has 0 bridgehead atoms. The van der Waals surface area contributed by atoms with Gasteiger partial charge < -0.3 is 29.2 Å². The normalized spacial score (nSPS) is 15.7. The van der Waals surface area contributed by atoms with Gasteiger partial charge in [-0.1, -0.05) is 49.1 Å². The molecule has 1 saturated heterocycles. The van der Waals surface area contributed by atoms with E-state index in [0.29, 0.717) is 37.8 Å². The number of alkyl carbamates (subject to hydrolysis) is 1. The number of carbonyl (C=O) groups is 2. The van der Waals surface area contributed by atoms with Crippen LogP contribution in [-0.2, 0) is 27.4 Å². The second-order valence-electron chi connectivity index (χ2n) is 8.37. The highest BCUT2D eigenvalue weighted by molar-refractivity contribution is 5.85. The summed E-state index contributed by atoms with van der Waals surface area (Å²) in [5.41, 5.74) is 1.74. The molecular weight excluding hydrogens is 448 g/mol. The first-order chi connectivity index (χ1) is 17.0. The van der Waals surface area contributed by atoms with Crippen LogP contribution in [0, 0.1) is 0 Å². The van der Waals surface area contributed by atoms with Crippen molar-refractivity contribution < 1.29 is 28.5 Å². The summed E-state index contributed by atoms with van der Waals surface area (Å²) in [5.74, 6) is 0.956. The van der Waals surface area contributed by atoms with Gasteiger partial charge in [-0.15, -0.1) is 0 Å². The van der Waals surface area contributed by atoms with Crippen LogP contribution in [-0.4, -0.2) is 55.9 Å². The molecular formula is C27H34N2O6. The van der Waals surface area contributed by atoms with Crippen LogP contribution < -0.4 is 14.8 Å². The van der Waals surface area contributed by atoms with Crippen LogP contribution in [0.2, 0.25) is 0 Å². The van der Waals surface area contributed by atoms with E-state index in [2.05, 4.69) is 11.9 Å². The summed E-state index contributed by atoms with van der Waals surface area (Å²) in [6.07, 6.45) is 2.84. The molecule has 0 spiro atoms. The molecule has 2 aromatic carbocycles. The van der Waals surface area contributed by atoms with Crippen LogP contribution in [0.4, 0.5) is 4.79 Å². The monoisotopic (exact) mass is 482 g/mol. The topological polar surface area (TPSA) is 86.3 Å². The minimum absolute atomic E-state index is 0.0340. The minimum Gasteiger partial charge on any atom is -0.493 e. The molecule has 188 valence electrons. The molecule has 1 heterocycles. The van der Waals surface area contributed by atoms with E-state index in [1.807, 2.05) is 48.5 Å². The van der Waals surface area contributed by atoms with Gasteiger partial charge in [-0.2, -0.15) is 0 Å². The van der Waals surface area contributed by atoms with E-state index in [1.54, 1.807) is 25.0 Å². The van der Waals surface area contributed by atoms with Gasteiger partial charge >= 0.3 is 6.09 Å². The van der Waals surface area contributed by atoms with Gasteiger partial charge in [-0.25, -0.2) is 4.79 Å². The molecule has 1 aliphatic rings. The van der Waals surface area contributed by atoms with Crippen molar-refractivity contribution in [3.63, 3.8) is 0 Å². The highest BCUT2D eigenvalue weighted by atomic mass is 16.5. The number of rotatable bonds is 12. The first-order valence-corrected chi connectivity index (χ1v) is 11.8. The average Bonchev–Trinajstić information content (AvgIpc) is 3.39. The van der Waals surface area contributed by atoms with Gasteiger partial charge in [0.1, 0.15) is 19.3 Å². The van der Waals surface area contributed by atoms with E-state index in [0.717, 1.165) is 24.0 Å². The van der Waals surface area contributed by atoms with E-state index in [1.165, 1.54) is 0 Å². The van der Waals surface area contributed by atoms with Gasteiger partial charge in [0.25, 0.3) is 0 Å². The van der Waals surface area contributed by atoms with Crippen molar-refractivity contribution in [3.8, 4) is 11.5 Å². The highest BCUT2D eigenvalue weighted by Crippen LogP contribution is 2.29. The Kier molecular flexibility index (Phi) is 9.98. The number of nitrogens with zero attached hydrogens (tertiary/aromatic N) is 1. The van der Waals surface area contributed by atoms with Crippen LogP contribution in [0.15, 0.2) is 61.2 Å². The number of hydrogen-bond donors (Lipinski definition) is 1. The van der Waals surface area contributed by atoms with Crippen LogP contribution >= 0.6 is 0 Å². The summed E-state index contributed by atoms with van der Waals surface area (Å²) in [4.78, 5) is 27.3. The quantitative estimate of drug-likeness (QED) is 0.459. The molecule has 8 heteroatoms. The van der Waals surface area contributed by atoms with Gasteiger partial charge in [0.15, 0.2) is 11.5 Å². The smallest absolute Gasteiger partial charge is 0.408 e. The summed E-state index contributed by atoms with van der Waals surface area (Å²) in [7, 11) is 1.57. The third-order valence-corrected chi connectivity index (χ3v) is 5.64. The van der Waals surface area contributed by atoms with Gasteiger partial charge in [-0.3, -0.25) is 4.79 Å².